The minimum absolute atomic E-state index is 0.357. The summed E-state index contributed by atoms with van der Waals surface area (Å²) in [5.74, 6) is 1.74. The van der Waals surface area contributed by atoms with Gasteiger partial charge in [0, 0.05) is 37.7 Å². The summed E-state index contributed by atoms with van der Waals surface area (Å²) in [5.41, 5.74) is 8.24. The van der Waals surface area contributed by atoms with Crippen LogP contribution in [0.1, 0.15) is 36.9 Å². The monoisotopic (exact) mass is 291 g/mol. The molecule has 116 valence electrons. The standard InChI is InChI=1S/C15H25N5O/c1-3-4-11-9-21-10-12-13(11)17-15(16)18-14(12)20-7-5-19(2)6-8-20/h11H,3-10H2,1-2H3,(H2,16,17,18). The first-order valence-corrected chi connectivity index (χ1v) is 7.86. The van der Waals surface area contributed by atoms with Crippen LogP contribution in [-0.2, 0) is 11.3 Å². The van der Waals surface area contributed by atoms with Gasteiger partial charge in [-0.2, -0.15) is 4.98 Å². The molecule has 3 heterocycles. The summed E-state index contributed by atoms with van der Waals surface area (Å²) in [5, 5.41) is 0. The maximum atomic E-state index is 5.97. The van der Waals surface area contributed by atoms with Gasteiger partial charge in [0.05, 0.1) is 18.9 Å². The van der Waals surface area contributed by atoms with Gasteiger partial charge in [0.15, 0.2) is 0 Å². The molecular formula is C15H25N5O. The fraction of sp³-hybridized carbons (Fsp3) is 0.733. The molecule has 2 aliphatic heterocycles. The third-order valence-corrected chi connectivity index (χ3v) is 4.43. The highest BCUT2D eigenvalue weighted by Gasteiger charge is 2.28. The minimum atomic E-state index is 0.357. The normalized spacial score (nSPS) is 23.1. The van der Waals surface area contributed by atoms with Crippen LogP contribution in [0.5, 0.6) is 0 Å². The van der Waals surface area contributed by atoms with Crippen molar-refractivity contribution in [2.24, 2.45) is 0 Å². The molecule has 3 rings (SSSR count). The molecule has 6 heteroatoms. The van der Waals surface area contributed by atoms with E-state index in [9.17, 15) is 0 Å². The highest BCUT2D eigenvalue weighted by Crippen LogP contribution is 2.34. The molecule has 1 atom stereocenters. The summed E-state index contributed by atoms with van der Waals surface area (Å²) in [7, 11) is 2.15. The Hall–Kier alpha value is -1.40. The van der Waals surface area contributed by atoms with Crippen LogP contribution in [0.25, 0.3) is 0 Å². The van der Waals surface area contributed by atoms with Crippen molar-refractivity contribution in [2.75, 3.05) is 50.5 Å². The van der Waals surface area contributed by atoms with E-state index in [0.717, 1.165) is 62.7 Å². The number of nitrogens with zero attached hydrogens (tertiary/aromatic N) is 4. The van der Waals surface area contributed by atoms with Crippen LogP contribution in [0, 0.1) is 0 Å². The van der Waals surface area contributed by atoms with Crippen molar-refractivity contribution in [3.05, 3.63) is 11.3 Å². The number of hydrogen-bond donors (Lipinski definition) is 1. The number of nitrogen functional groups attached to an aromatic ring is 1. The van der Waals surface area contributed by atoms with Gasteiger partial charge in [0.25, 0.3) is 0 Å². The van der Waals surface area contributed by atoms with Gasteiger partial charge in [-0.15, -0.1) is 0 Å². The van der Waals surface area contributed by atoms with E-state index in [1.54, 1.807) is 0 Å². The average Bonchev–Trinajstić information content (AvgIpc) is 2.48. The Bertz CT molecular complexity index is 499. The Labute approximate surface area is 126 Å². The highest BCUT2D eigenvalue weighted by atomic mass is 16.5. The molecule has 2 N–H and O–H groups in total. The van der Waals surface area contributed by atoms with Gasteiger partial charge in [-0.25, -0.2) is 4.98 Å². The second kappa shape index (κ2) is 6.15. The lowest BCUT2D eigenvalue weighted by Crippen LogP contribution is -2.45. The lowest BCUT2D eigenvalue weighted by atomic mass is 9.94. The Balaban J connectivity index is 1.94. The van der Waals surface area contributed by atoms with Gasteiger partial charge < -0.3 is 20.3 Å². The van der Waals surface area contributed by atoms with Crippen LogP contribution in [-0.4, -0.2) is 54.7 Å². The maximum Gasteiger partial charge on any atom is 0.222 e. The molecule has 1 saturated heterocycles. The molecule has 1 aromatic rings. The molecule has 6 nitrogen and oxygen atoms in total. The molecule has 0 aliphatic carbocycles. The molecule has 0 aromatic carbocycles. The first-order chi connectivity index (χ1) is 10.2. The van der Waals surface area contributed by atoms with Gasteiger partial charge in [0.1, 0.15) is 5.82 Å². The van der Waals surface area contributed by atoms with Crippen molar-refractivity contribution in [3.8, 4) is 0 Å². The third-order valence-electron chi connectivity index (χ3n) is 4.43. The van der Waals surface area contributed by atoms with Gasteiger partial charge in [0.2, 0.25) is 5.95 Å². The van der Waals surface area contributed by atoms with E-state index in [-0.39, 0.29) is 0 Å². The number of aromatic nitrogens is 2. The number of rotatable bonds is 3. The number of fused-ring (bicyclic) bond motifs is 1. The number of nitrogens with two attached hydrogens (primary N) is 1. The van der Waals surface area contributed by atoms with E-state index in [0.29, 0.717) is 18.5 Å². The van der Waals surface area contributed by atoms with Crippen molar-refractivity contribution in [2.45, 2.75) is 32.3 Å². The van der Waals surface area contributed by atoms with E-state index >= 15 is 0 Å². The van der Waals surface area contributed by atoms with Gasteiger partial charge in [-0.3, -0.25) is 0 Å². The van der Waals surface area contributed by atoms with Crippen LogP contribution in [0.15, 0.2) is 0 Å². The molecule has 1 aromatic heterocycles. The maximum absolute atomic E-state index is 5.97. The quantitative estimate of drug-likeness (QED) is 0.903. The van der Waals surface area contributed by atoms with E-state index in [1.165, 1.54) is 0 Å². The summed E-state index contributed by atoms with van der Waals surface area (Å²) in [6, 6.07) is 0. The number of piperazine rings is 1. The number of likely N-dealkylation sites (N-methyl/N-ethyl adjacent to an activating group) is 1. The van der Waals surface area contributed by atoms with E-state index in [2.05, 4.69) is 33.7 Å². The molecule has 0 saturated carbocycles. The third kappa shape index (κ3) is 2.96. The Kier molecular flexibility index (Phi) is 4.26. The van der Waals surface area contributed by atoms with Crippen molar-refractivity contribution in [3.63, 3.8) is 0 Å². The van der Waals surface area contributed by atoms with Crippen molar-refractivity contribution < 1.29 is 4.74 Å². The molecule has 2 aliphatic rings. The van der Waals surface area contributed by atoms with Crippen LogP contribution >= 0.6 is 0 Å². The first kappa shape index (κ1) is 14.5. The van der Waals surface area contributed by atoms with Crippen molar-refractivity contribution in [1.29, 1.82) is 0 Å². The molecule has 21 heavy (non-hydrogen) atoms. The molecular weight excluding hydrogens is 266 g/mol. The molecule has 0 amide bonds. The summed E-state index contributed by atoms with van der Waals surface area (Å²) in [6.45, 7) is 7.63. The van der Waals surface area contributed by atoms with E-state index in [4.69, 9.17) is 10.5 Å². The fourth-order valence-electron chi connectivity index (χ4n) is 3.21. The molecule has 0 spiro atoms. The fourth-order valence-corrected chi connectivity index (χ4v) is 3.21. The van der Waals surface area contributed by atoms with E-state index < -0.39 is 0 Å². The van der Waals surface area contributed by atoms with Crippen LogP contribution in [0.4, 0.5) is 11.8 Å². The summed E-state index contributed by atoms with van der Waals surface area (Å²) >= 11 is 0. The van der Waals surface area contributed by atoms with Gasteiger partial charge in [-0.1, -0.05) is 13.3 Å². The zero-order valence-electron chi connectivity index (χ0n) is 13.0. The molecule has 0 bridgehead atoms. The first-order valence-electron chi connectivity index (χ1n) is 7.86. The summed E-state index contributed by atoms with van der Waals surface area (Å²) in [6.07, 6.45) is 2.22. The predicted molar refractivity (Wildman–Crippen MR) is 83.5 cm³/mol. The lowest BCUT2D eigenvalue weighted by molar-refractivity contribution is 0.0865. The van der Waals surface area contributed by atoms with Crippen LogP contribution in [0.2, 0.25) is 0 Å². The highest BCUT2D eigenvalue weighted by molar-refractivity contribution is 5.53. The summed E-state index contributed by atoms with van der Waals surface area (Å²) in [4.78, 5) is 13.7. The topological polar surface area (TPSA) is 67.5 Å². The zero-order chi connectivity index (χ0) is 14.8. The number of ether oxygens (including phenoxy) is 1. The Morgan fingerprint density at radius 3 is 2.71 bits per heavy atom. The second-order valence-corrected chi connectivity index (χ2v) is 6.06. The van der Waals surface area contributed by atoms with Gasteiger partial charge >= 0.3 is 0 Å². The average molecular weight is 291 g/mol. The Morgan fingerprint density at radius 1 is 1.24 bits per heavy atom. The zero-order valence-corrected chi connectivity index (χ0v) is 13.0. The van der Waals surface area contributed by atoms with Gasteiger partial charge in [-0.05, 0) is 13.5 Å². The summed E-state index contributed by atoms with van der Waals surface area (Å²) < 4.78 is 5.80. The largest absolute Gasteiger partial charge is 0.376 e. The lowest BCUT2D eigenvalue weighted by Gasteiger charge is -2.36. The molecule has 0 radical (unpaired) electrons. The second-order valence-electron chi connectivity index (χ2n) is 6.06. The predicted octanol–water partition coefficient (Wildman–Crippen LogP) is 1.22. The Morgan fingerprint density at radius 2 is 2.00 bits per heavy atom. The van der Waals surface area contributed by atoms with Crippen LogP contribution in [0.3, 0.4) is 0 Å². The van der Waals surface area contributed by atoms with Crippen LogP contribution < -0.4 is 10.6 Å². The number of anilines is 2. The SMILES string of the molecule is CCCC1COCc2c1nc(N)nc2N1CCN(C)CC1. The smallest absolute Gasteiger partial charge is 0.222 e. The van der Waals surface area contributed by atoms with Crippen molar-refractivity contribution in [1.82, 2.24) is 14.9 Å². The van der Waals surface area contributed by atoms with Crippen molar-refractivity contribution >= 4 is 11.8 Å². The molecule has 1 fully saturated rings. The minimum Gasteiger partial charge on any atom is -0.376 e. The number of hydrogen-bond acceptors (Lipinski definition) is 6. The van der Waals surface area contributed by atoms with E-state index in [1.807, 2.05) is 0 Å². The molecule has 1 unspecified atom stereocenters.